The lowest BCUT2D eigenvalue weighted by molar-refractivity contribution is 0.475. The first-order valence-electron chi connectivity index (χ1n) is 7.87. The average molecular weight is 344 g/mol. The molecule has 0 spiro atoms. The van der Waals surface area contributed by atoms with Gasteiger partial charge in [0.25, 0.3) is 0 Å². The van der Waals surface area contributed by atoms with Crippen molar-refractivity contribution in [2.75, 3.05) is 6.54 Å². The Kier molecular flexibility index (Phi) is 9.12. The lowest BCUT2D eigenvalue weighted by Gasteiger charge is -2.20. The van der Waals surface area contributed by atoms with E-state index in [1.807, 2.05) is 6.07 Å². The molecule has 0 saturated heterocycles. The van der Waals surface area contributed by atoms with E-state index in [4.69, 9.17) is 0 Å². The smallest absolute Gasteiger partial charge is 0.124 e. The van der Waals surface area contributed by atoms with Crippen molar-refractivity contribution in [1.82, 2.24) is 5.32 Å². The number of hydrogen-bond acceptors (Lipinski definition) is 1. The van der Waals surface area contributed by atoms with Crippen molar-refractivity contribution in [3.63, 3.8) is 0 Å². The van der Waals surface area contributed by atoms with Crippen LogP contribution in [0.15, 0.2) is 22.7 Å². The molecule has 0 aromatic heterocycles. The van der Waals surface area contributed by atoms with Gasteiger partial charge in [0.15, 0.2) is 0 Å². The Morgan fingerprint density at radius 3 is 2.45 bits per heavy atom. The molecule has 0 aliphatic rings. The van der Waals surface area contributed by atoms with E-state index >= 15 is 0 Å². The number of rotatable bonds is 10. The molecule has 114 valence electrons. The molecule has 0 amide bonds. The van der Waals surface area contributed by atoms with Gasteiger partial charge in [-0.25, -0.2) is 4.39 Å². The molecular weight excluding hydrogens is 317 g/mol. The number of hydrogen-bond donors (Lipinski definition) is 1. The fourth-order valence-electron chi connectivity index (χ4n) is 2.53. The van der Waals surface area contributed by atoms with Crippen molar-refractivity contribution in [2.24, 2.45) is 0 Å². The summed E-state index contributed by atoms with van der Waals surface area (Å²) in [4.78, 5) is 0. The van der Waals surface area contributed by atoms with Crippen LogP contribution in [0, 0.1) is 5.82 Å². The van der Waals surface area contributed by atoms with Gasteiger partial charge < -0.3 is 5.32 Å². The summed E-state index contributed by atoms with van der Waals surface area (Å²) in [6.45, 7) is 5.29. The van der Waals surface area contributed by atoms with E-state index < -0.39 is 0 Å². The third-order valence-electron chi connectivity index (χ3n) is 3.63. The number of benzene rings is 1. The van der Waals surface area contributed by atoms with E-state index in [2.05, 4.69) is 35.1 Å². The second kappa shape index (κ2) is 10.3. The fourth-order valence-corrected chi connectivity index (χ4v) is 3.15. The van der Waals surface area contributed by atoms with Crippen LogP contribution < -0.4 is 5.32 Å². The summed E-state index contributed by atoms with van der Waals surface area (Å²) in [5.41, 5.74) is 1.17. The Bertz CT molecular complexity index is 381. The van der Waals surface area contributed by atoms with Crippen LogP contribution in [0.2, 0.25) is 0 Å². The third kappa shape index (κ3) is 6.36. The normalized spacial score (nSPS) is 12.6. The standard InChI is InChI=1S/C17H27BrFN/c1-3-5-6-7-8-9-10-17(20-4-2)15-12-11-14(19)13-16(15)18/h11-13,17,20H,3-10H2,1-2H3. The molecule has 1 nitrogen and oxygen atoms in total. The number of halogens is 2. The maximum absolute atomic E-state index is 13.2. The Morgan fingerprint density at radius 1 is 1.10 bits per heavy atom. The van der Waals surface area contributed by atoms with Crippen molar-refractivity contribution in [1.29, 1.82) is 0 Å². The minimum absolute atomic E-state index is 0.185. The molecule has 3 heteroatoms. The van der Waals surface area contributed by atoms with Gasteiger partial charge in [-0.2, -0.15) is 0 Å². The average Bonchev–Trinajstić information content (AvgIpc) is 2.42. The Hall–Kier alpha value is -0.410. The zero-order valence-electron chi connectivity index (χ0n) is 12.7. The van der Waals surface area contributed by atoms with Gasteiger partial charge in [-0.15, -0.1) is 0 Å². The fraction of sp³-hybridized carbons (Fsp3) is 0.647. The maximum Gasteiger partial charge on any atom is 0.124 e. The van der Waals surface area contributed by atoms with Gasteiger partial charge >= 0.3 is 0 Å². The largest absolute Gasteiger partial charge is 0.310 e. The molecule has 1 atom stereocenters. The molecule has 1 aromatic rings. The van der Waals surface area contributed by atoms with Crippen molar-refractivity contribution < 1.29 is 4.39 Å². The van der Waals surface area contributed by atoms with Gasteiger partial charge in [-0.3, -0.25) is 0 Å². The Labute approximate surface area is 131 Å². The van der Waals surface area contributed by atoms with Crippen LogP contribution in [0.3, 0.4) is 0 Å². The van der Waals surface area contributed by atoms with Crippen molar-refractivity contribution in [3.8, 4) is 0 Å². The molecule has 1 unspecified atom stereocenters. The molecule has 0 radical (unpaired) electrons. The highest BCUT2D eigenvalue weighted by Gasteiger charge is 2.13. The van der Waals surface area contributed by atoms with Crippen molar-refractivity contribution in [2.45, 2.75) is 64.8 Å². The molecule has 20 heavy (non-hydrogen) atoms. The molecule has 1 N–H and O–H groups in total. The van der Waals surface area contributed by atoms with E-state index in [-0.39, 0.29) is 5.82 Å². The minimum atomic E-state index is -0.185. The quantitative estimate of drug-likeness (QED) is 0.514. The minimum Gasteiger partial charge on any atom is -0.310 e. The lowest BCUT2D eigenvalue weighted by Crippen LogP contribution is -2.21. The van der Waals surface area contributed by atoms with Crippen LogP contribution in [0.1, 0.15) is 70.4 Å². The predicted octanol–water partition coefficient (Wildman–Crippen LogP) is 5.99. The highest BCUT2D eigenvalue weighted by Crippen LogP contribution is 2.28. The molecule has 0 aliphatic carbocycles. The molecule has 0 fully saturated rings. The first kappa shape index (κ1) is 17.6. The number of nitrogens with one attached hydrogen (secondary N) is 1. The molecule has 0 saturated carbocycles. The van der Waals surface area contributed by atoms with Gasteiger partial charge in [0.2, 0.25) is 0 Å². The SMILES string of the molecule is CCCCCCCCC(NCC)c1ccc(F)cc1Br. The second-order valence-electron chi connectivity index (χ2n) is 5.33. The first-order valence-corrected chi connectivity index (χ1v) is 8.66. The van der Waals surface area contributed by atoms with E-state index in [0.29, 0.717) is 6.04 Å². The molecule has 1 aromatic carbocycles. The Balaban J connectivity index is 2.47. The monoisotopic (exact) mass is 343 g/mol. The van der Waals surface area contributed by atoms with E-state index in [1.165, 1.54) is 44.1 Å². The maximum atomic E-state index is 13.2. The second-order valence-corrected chi connectivity index (χ2v) is 6.19. The summed E-state index contributed by atoms with van der Waals surface area (Å²) < 4.78 is 14.0. The van der Waals surface area contributed by atoms with Gasteiger partial charge in [0.05, 0.1) is 0 Å². The van der Waals surface area contributed by atoms with Gasteiger partial charge in [0.1, 0.15) is 5.82 Å². The van der Waals surface area contributed by atoms with Crippen molar-refractivity contribution in [3.05, 3.63) is 34.1 Å². The van der Waals surface area contributed by atoms with Crippen LogP contribution in [0.4, 0.5) is 4.39 Å². The molecule has 0 aliphatic heterocycles. The lowest BCUT2D eigenvalue weighted by atomic mass is 9.99. The summed E-state index contributed by atoms with van der Waals surface area (Å²) in [6.07, 6.45) is 8.96. The molecule has 0 heterocycles. The third-order valence-corrected chi connectivity index (χ3v) is 4.32. The van der Waals surface area contributed by atoms with Crippen molar-refractivity contribution >= 4 is 15.9 Å². The van der Waals surface area contributed by atoms with Gasteiger partial charge in [-0.1, -0.05) is 74.4 Å². The van der Waals surface area contributed by atoms with E-state index in [0.717, 1.165) is 17.4 Å². The predicted molar refractivity (Wildman–Crippen MR) is 88.5 cm³/mol. The molecule has 1 rings (SSSR count). The van der Waals surface area contributed by atoms with Gasteiger partial charge in [-0.05, 0) is 30.7 Å². The van der Waals surface area contributed by atoms with Crippen LogP contribution in [0.25, 0.3) is 0 Å². The van der Waals surface area contributed by atoms with E-state index in [9.17, 15) is 4.39 Å². The summed E-state index contributed by atoms with van der Waals surface area (Å²) in [7, 11) is 0. The topological polar surface area (TPSA) is 12.0 Å². The molecule has 0 bridgehead atoms. The Morgan fingerprint density at radius 2 is 1.80 bits per heavy atom. The summed E-state index contributed by atoms with van der Waals surface area (Å²) in [6, 6.07) is 5.32. The first-order chi connectivity index (χ1) is 9.69. The van der Waals surface area contributed by atoms with E-state index in [1.54, 1.807) is 12.1 Å². The van der Waals surface area contributed by atoms with Crippen LogP contribution in [-0.2, 0) is 0 Å². The van der Waals surface area contributed by atoms with Gasteiger partial charge in [0, 0.05) is 10.5 Å². The zero-order chi connectivity index (χ0) is 14.8. The summed E-state index contributed by atoms with van der Waals surface area (Å²) in [5.74, 6) is -0.185. The number of unbranched alkanes of at least 4 members (excludes halogenated alkanes) is 5. The van der Waals surface area contributed by atoms with Crippen LogP contribution >= 0.6 is 15.9 Å². The highest BCUT2D eigenvalue weighted by molar-refractivity contribution is 9.10. The summed E-state index contributed by atoms with van der Waals surface area (Å²) in [5, 5.41) is 3.51. The molecular formula is C17H27BrFN. The highest BCUT2D eigenvalue weighted by atomic mass is 79.9. The van der Waals surface area contributed by atoms with Crippen LogP contribution in [0.5, 0.6) is 0 Å². The summed E-state index contributed by atoms with van der Waals surface area (Å²) >= 11 is 3.48. The zero-order valence-corrected chi connectivity index (χ0v) is 14.3. The van der Waals surface area contributed by atoms with Crippen LogP contribution in [-0.4, -0.2) is 6.54 Å².